The van der Waals surface area contributed by atoms with Gasteiger partial charge in [-0.05, 0) is 42.9 Å². The molecule has 0 spiro atoms. The minimum Gasteiger partial charge on any atom is -0.327 e. The van der Waals surface area contributed by atoms with Crippen molar-refractivity contribution in [3.8, 4) is 0 Å². The summed E-state index contributed by atoms with van der Waals surface area (Å²) in [4.78, 5) is 0. The van der Waals surface area contributed by atoms with Gasteiger partial charge in [0, 0.05) is 6.04 Å². The van der Waals surface area contributed by atoms with Crippen LogP contribution in [0.2, 0.25) is 0 Å². The maximum absolute atomic E-state index is 6.34. The van der Waals surface area contributed by atoms with Gasteiger partial charge in [-0.25, -0.2) is 0 Å². The van der Waals surface area contributed by atoms with Gasteiger partial charge in [0.1, 0.15) is 0 Å². The molecule has 2 fully saturated rings. The highest BCUT2D eigenvalue weighted by Gasteiger charge is 2.52. The molecule has 0 aliphatic heterocycles. The molecule has 2 N–H and O–H groups in total. The fourth-order valence-electron chi connectivity index (χ4n) is 3.68. The molecule has 0 heterocycles. The van der Waals surface area contributed by atoms with Crippen molar-refractivity contribution in [1.29, 1.82) is 0 Å². The highest BCUT2D eigenvalue weighted by Crippen LogP contribution is 2.56. The van der Waals surface area contributed by atoms with Crippen molar-refractivity contribution in [3.05, 3.63) is 0 Å². The lowest BCUT2D eigenvalue weighted by atomic mass is 9.69. The molecule has 1 heteroatoms. The molecule has 0 radical (unpaired) electrons. The first-order chi connectivity index (χ1) is 6.18. The van der Waals surface area contributed by atoms with Gasteiger partial charge in [0.25, 0.3) is 0 Å². The largest absolute Gasteiger partial charge is 0.327 e. The van der Waals surface area contributed by atoms with Crippen LogP contribution in [0.5, 0.6) is 0 Å². The molecular formula is C12H23N. The maximum atomic E-state index is 6.34. The van der Waals surface area contributed by atoms with Crippen molar-refractivity contribution in [1.82, 2.24) is 0 Å². The zero-order valence-electron chi connectivity index (χ0n) is 9.05. The van der Waals surface area contributed by atoms with Crippen LogP contribution in [0.1, 0.15) is 52.4 Å². The lowest BCUT2D eigenvalue weighted by Gasteiger charge is -2.39. The van der Waals surface area contributed by atoms with E-state index in [4.69, 9.17) is 5.73 Å². The average Bonchev–Trinajstić information content (AvgIpc) is 2.68. The molecule has 0 unspecified atom stereocenters. The number of unbranched alkanes of at least 4 members (excludes halogenated alkanes) is 1. The zero-order chi connectivity index (χ0) is 9.47. The number of nitrogens with two attached hydrogens (primary N) is 1. The molecule has 2 aliphatic carbocycles. The third kappa shape index (κ3) is 1.32. The van der Waals surface area contributed by atoms with Crippen LogP contribution in [-0.4, -0.2) is 6.04 Å². The van der Waals surface area contributed by atoms with Crippen LogP contribution in [0.3, 0.4) is 0 Å². The Hall–Kier alpha value is -0.0400. The number of fused-ring (bicyclic) bond motifs is 2. The molecule has 2 saturated carbocycles. The third-order valence-electron chi connectivity index (χ3n) is 4.74. The maximum Gasteiger partial charge on any atom is 0.0124 e. The highest BCUT2D eigenvalue weighted by atomic mass is 14.8. The van der Waals surface area contributed by atoms with E-state index in [1.165, 1.54) is 38.5 Å². The number of rotatable bonds is 3. The first kappa shape index (κ1) is 9.51. The number of hydrogen-bond donors (Lipinski definition) is 1. The Balaban J connectivity index is 2.04. The third-order valence-corrected chi connectivity index (χ3v) is 4.74. The Morgan fingerprint density at radius 2 is 2.15 bits per heavy atom. The Morgan fingerprint density at radius 1 is 1.38 bits per heavy atom. The predicted molar refractivity (Wildman–Crippen MR) is 56.4 cm³/mol. The van der Waals surface area contributed by atoms with Crippen LogP contribution in [0.4, 0.5) is 0 Å². The summed E-state index contributed by atoms with van der Waals surface area (Å²) in [6.07, 6.45) is 8.35. The van der Waals surface area contributed by atoms with E-state index in [1.807, 2.05) is 0 Å². The molecule has 2 rings (SSSR count). The van der Waals surface area contributed by atoms with Gasteiger partial charge in [0.15, 0.2) is 0 Å². The topological polar surface area (TPSA) is 26.0 Å². The van der Waals surface area contributed by atoms with E-state index >= 15 is 0 Å². The van der Waals surface area contributed by atoms with E-state index in [2.05, 4.69) is 13.8 Å². The van der Waals surface area contributed by atoms with Crippen molar-refractivity contribution in [2.75, 3.05) is 0 Å². The summed E-state index contributed by atoms with van der Waals surface area (Å²) in [5.74, 6) is 1.82. The quantitative estimate of drug-likeness (QED) is 0.711. The van der Waals surface area contributed by atoms with Gasteiger partial charge >= 0.3 is 0 Å². The summed E-state index contributed by atoms with van der Waals surface area (Å²) < 4.78 is 0. The van der Waals surface area contributed by atoms with Crippen molar-refractivity contribution in [3.63, 3.8) is 0 Å². The fourth-order valence-corrected chi connectivity index (χ4v) is 3.68. The van der Waals surface area contributed by atoms with E-state index < -0.39 is 0 Å². The van der Waals surface area contributed by atoms with Crippen LogP contribution in [-0.2, 0) is 0 Å². The van der Waals surface area contributed by atoms with E-state index in [9.17, 15) is 0 Å². The smallest absolute Gasteiger partial charge is 0.0124 e. The molecular weight excluding hydrogens is 158 g/mol. The molecule has 76 valence electrons. The Kier molecular flexibility index (Phi) is 2.39. The molecule has 0 amide bonds. The first-order valence-corrected chi connectivity index (χ1v) is 5.94. The van der Waals surface area contributed by atoms with Gasteiger partial charge in [-0.3, -0.25) is 0 Å². The SMILES string of the molecule is CCCC[C@]1(C)[C@@H]2CC[C@@H](C2)[C@@H]1N. The Labute approximate surface area is 82.1 Å². The monoisotopic (exact) mass is 181 g/mol. The minimum absolute atomic E-state index is 0.499. The second-order valence-electron chi connectivity index (χ2n) is 5.41. The van der Waals surface area contributed by atoms with Gasteiger partial charge in [-0.15, -0.1) is 0 Å². The summed E-state index contributed by atoms with van der Waals surface area (Å²) in [6.45, 7) is 4.72. The standard InChI is InChI=1S/C12H23N/c1-3-4-7-12(2)10-6-5-9(8-10)11(12)13/h9-11H,3-8,13H2,1-2H3/t9-,10+,11-,12+/m0/s1. The average molecular weight is 181 g/mol. The second-order valence-corrected chi connectivity index (χ2v) is 5.41. The van der Waals surface area contributed by atoms with E-state index in [1.54, 1.807) is 0 Å². The van der Waals surface area contributed by atoms with Gasteiger partial charge in [-0.2, -0.15) is 0 Å². The Morgan fingerprint density at radius 3 is 2.69 bits per heavy atom. The van der Waals surface area contributed by atoms with Crippen molar-refractivity contribution >= 4 is 0 Å². The summed E-state index contributed by atoms with van der Waals surface area (Å²) in [5, 5.41) is 0. The van der Waals surface area contributed by atoms with Gasteiger partial charge < -0.3 is 5.73 Å². The molecule has 0 aromatic carbocycles. The van der Waals surface area contributed by atoms with E-state index in [0.717, 1.165) is 11.8 Å². The molecule has 2 bridgehead atoms. The molecule has 2 aliphatic rings. The predicted octanol–water partition coefficient (Wildman–Crippen LogP) is 2.94. The fraction of sp³-hybridized carbons (Fsp3) is 1.00. The summed E-state index contributed by atoms with van der Waals surface area (Å²) in [5.41, 5.74) is 6.84. The molecule has 13 heavy (non-hydrogen) atoms. The van der Waals surface area contributed by atoms with Crippen LogP contribution >= 0.6 is 0 Å². The minimum atomic E-state index is 0.499. The van der Waals surface area contributed by atoms with Gasteiger partial charge in [0.05, 0.1) is 0 Å². The lowest BCUT2D eigenvalue weighted by molar-refractivity contribution is 0.138. The van der Waals surface area contributed by atoms with Crippen LogP contribution in [0, 0.1) is 17.3 Å². The molecule has 0 saturated heterocycles. The molecule has 0 aromatic heterocycles. The molecule has 1 nitrogen and oxygen atoms in total. The van der Waals surface area contributed by atoms with E-state index in [0.29, 0.717) is 11.5 Å². The zero-order valence-corrected chi connectivity index (χ0v) is 9.05. The Bertz CT molecular complexity index is 186. The van der Waals surface area contributed by atoms with Crippen molar-refractivity contribution in [2.24, 2.45) is 23.0 Å². The highest BCUT2D eigenvalue weighted by molar-refractivity contribution is 5.06. The summed E-state index contributed by atoms with van der Waals surface area (Å²) in [6, 6.07) is 0.512. The summed E-state index contributed by atoms with van der Waals surface area (Å²) in [7, 11) is 0. The number of hydrogen-bond acceptors (Lipinski definition) is 1. The van der Waals surface area contributed by atoms with Crippen LogP contribution in [0.25, 0.3) is 0 Å². The second kappa shape index (κ2) is 3.27. The van der Waals surface area contributed by atoms with Gasteiger partial charge in [0.2, 0.25) is 0 Å². The lowest BCUT2D eigenvalue weighted by Crippen LogP contribution is -2.44. The normalized spacial score (nSPS) is 48.7. The molecule has 0 aromatic rings. The first-order valence-electron chi connectivity index (χ1n) is 5.94. The van der Waals surface area contributed by atoms with Crippen LogP contribution < -0.4 is 5.73 Å². The van der Waals surface area contributed by atoms with Crippen LogP contribution in [0.15, 0.2) is 0 Å². The van der Waals surface area contributed by atoms with Gasteiger partial charge in [-0.1, -0.05) is 26.7 Å². The summed E-state index contributed by atoms with van der Waals surface area (Å²) >= 11 is 0. The van der Waals surface area contributed by atoms with Crippen molar-refractivity contribution < 1.29 is 0 Å². The molecule has 4 atom stereocenters. The van der Waals surface area contributed by atoms with E-state index in [-0.39, 0.29) is 0 Å². The van der Waals surface area contributed by atoms with Crippen molar-refractivity contribution in [2.45, 2.75) is 58.4 Å².